The Labute approximate surface area is 148 Å². The summed E-state index contributed by atoms with van der Waals surface area (Å²) in [6.45, 7) is 0.119. The van der Waals surface area contributed by atoms with Gasteiger partial charge in [0.05, 0.1) is 19.9 Å². The second-order valence-electron chi connectivity index (χ2n) is 5.47. The number of methoxy groups -OCH3 is 1. The van der Waals surface area contributed by atoms with E-state index >= 15 is 0 Å². The van der Waals surface area contributed by atoms with Gasteiger partial charge in [-0.25, -0.2) is 4.79 Å². The van der Waals surface area contributed by atoms with Gasteiger partial charge in [-0.3, -0.25) is 14.2 Å². The van der Waals surface area contributed by atoms with Gasteiger partial charge in [-0.05, 0) is 18.2 Å². The van der Waals surface area contributed by atoms with Gasteiger partial charge < -0.3 is 19.5 Å². The fourth-order valence-electron chi connectivity index (χ4n) is 2.50. The van der Waals surface area contributed by atoms with Gasteiger partial charge in [-0.15, -0.1) is 0 Å². The Hall–Kier alpha value is -3.55. The van der Waals surface area contributed by atoms with Crippen LogP contribution in [0.25, 0.3) is 0 Å². The molecule has 134 valence electrons. The molecule has 0 atom stereocenters. The third-order valence-corrected chi connectivity index (χ3v) is 3.83. The van der Waals surface area contributed by atoms with E-state index in [2.05, 4.69) is 10.3 Å². The summed E-state index contributed by atoms with van der Waals surface area (Å²) in [7, 11) is 1.54. The van der Waals surface area contributed by atoms with Crippen LogP contribution in [0.15, 0.2) is 62.9 Å². The molecule has 0 aliphatic heterocycles. The Balaban J connectivity index is 1.81. The van der Waals surface area contributed by atoms with Crippen LogP contribution in [0.1, 0.15) is 21.7 Å². The van der Waals surface area contributed by atoms with Gasteiger partial charge >= 0.3 is 5.69 Å². The molecule has 0 saturated carbocycles. The molecule has 2 aromatic heterocycles. The van der Waals surface area contributed by atoms with Crippen molar-refractivity contribution in [2.75, 3.05) is 7.11 Å². The molecule has 0 aliphatic rings. The number of para-hydroxylation sites is 1. The van der Waals surface area contributed by atoms with Crippen LogP contribution in [0.4, 0.5) is 0 Å². The maximum atomic E-state index is 12.5. The van der Waals surface area contributed by atoms with Gasteiger partial charge in [0.25, 0.3) is 11.5 Å². The summed E-state index contributed by atoms with van der Waals surface area (Å²) in [6.07, 6.45) is 2.55. The number of nitrogens with one attached hydrogen (secondary N) is 2. The summed E-state index contributed by atoms with van der Waals surface area (Å²) in [6, 6.07) is 10.5. The number of ether oxygens (including phenoxy) is 1. The molecule has 1 aromatic carbocycles. The molecule has 2 heterocycles. The molecule has 8 heteroatoms. The van der Waals surface area contributed by atoms with Gasteiger partial charge in [0.2, 0.25) is 0 Å². The first-order valence-corrected chi connectivity index (χ1v) is 7.85. The van der Waals surface area contributed by atoms with Crippen LogP contribution < -0.4 is 21.3 Å². The van der Waals surface area contributed by atoms with Crippen LogP contribution in [-0.2, 0) is 13.1 Å². The Bertz CT molecular complexity index is 1020. The van der Waals surface area contributed by atoms with Gasteiger partial charge in [0.1, 0.15) is 17.1 Å². The number of aromatic amines is 1. The van der Waals surface area contributed by atoms with Gasteiger partial charge in [0.15, 0.2) is 0 Å². The zero-order valence-corrected chi connectivity index (χ0v) is 14.0. The van der Waals surface area contributed by atoms with E-state index in [4.69, 9.17) is 9.15 Å². The molecule has 2 N–H and O–H groups in total. The Morgan fingerprint density at radius 3 is 2.77 bits per heavy atom. The first kappa shape index (κ1) is 17.3. The minimum absolute atomic E-state index is 0.0607. The summed E-state index contributed by atoms with van der Waals surface area (Å²) in [5.41, 5.74) is -0.704. The topological polar surface area (TPSA) is 106 Å². The fraction of sp³-hybridized carbons (Fsp3) is 0.167. The molecule has 0 unspecified atom stereocenters. The normalized spacial score (nSPS) is 10.5. The molecule has 26 heavy (non-hydrogen) atoms. The maximum Gasteiger partial charge on any atom is 0.328 e. The lowest BCUT2D eigenvalue weighted by Crippen LogP contribution is -2.40. The van der Waals surface area contributed by atoms with Crippen LogP contribution in [0.3, 0.4) is 0 Å². The number of carbonyl (C=O) groups excluding carboxylic acids is 1. The second-order valence-corrected chi connectivity index (χ2v) is 5.47. The minimum atomic E-state index is -0.692. The van der Waals surface area contributed by atoms with Gasteiger partial charge in [-0.1, -0.05) is 18.2 Å². The number of nitrogens with zero attached hydrogens (tertiary/aromatic N) is 1. The van der Waals surface area contributed by atoms with Crippen molar-refractivity contribution in [3.63, 3.8) is 0 Å². The van der Waals surface area contributed by atoms with E-state index in [1.165, 1.54) is 13.4 Å². The number of H-pyrrole nitrogens is 1. The van der Waals surface area contributed by atoms with E-state index < -0.39 is 17.2 Å². The van der Waals surface area contributed by atoms with E-state index in [1.807, 2.05) is 12.1 Å². The molecular formula is C18H17N3O5. The predicted molar refractivity (Wildman–Crippen MR) is 93.3 cm³/mol. The Kier molecular flexibility index (Phi) is 5.02. The largest absolute Gasteiger partial charge is 0.496 e. The predicted octanol–water partition coefficient (Wildman–Crippen LogP) is 1.12. The van der Waals surface area contributed by atoms with E-state index in [0.29, 0.717) is 11.5 Å². The van der Waals surface area contributed by atoms with Crippen molar-refractivity contribution in [3.05, 3.63) is 86.6 Å². The highest BCUT2D eigenvalue weighted by Crippen LogP contribution is 2.16. The van der Waals surface area contributed by atoms with Crippen molar-refractivity contribution in [3.8, 4) is 5.75 Å². The molecule has 0 spiro atoms. The molecule has 3 aromatic rings. The molecule has 0 aliphatic carbocycles. The molecule has 0 bridgehead atoms. The third kappa shape index (κ3) is 3.59. The Morgan fingerprint density at radius 2 is 2.04 bits per heavy atom. The molecule has 8 nitrogen and oxygen atoms in total. The van der Waals surface area contributed by atoms with Crippen molar-refractivity contribution in [2.24, 2.45) is 0 Å². The highest BCUT2D eigenvalue weighted by molar-refractivity contribution is 5.93. The standard InChI is InChI=1S/C18H17N3O5/c1-25-15-7-3-2-5-12(15)9-19-16(22)14-10-20-18(24)21(17(14)23)11-13-6-4-8-26-13/h2-8,10H,9,11H2,1H3,(H,19,22)(H,20,24). The number of amides is 1. The summed E-state index contributed by atoms with van der Waals surface area (Å²) >= 11 is 0. The van der Waals surface area contributed by atoms with Gasteiger partial charge in [-0.2, -0.15) is 0 Å². The van der Waals surface area contributed by atoms with Crippen molar-refractivity contribution < 1.29 is 13.9 Å². The fourth-order valence-corrected chi connectivity index (χ4v) is 2.50. The summed E-state index contributed by atoms with van der Waals surface area (Å²) in [5, 5.41) is 2.66. The lowest BCUT2D eigenvalue weighted by atomic mass is 10.2. The summed E-state index contributed by atoms with van der Waals surface area (Å²) < 4.78 is 11.3. The van der Waals surface area contributed by atoms with Crippen LogP contribution in [0.5, 0.6) is 5.75 Å². The van der Waals surface area contributed by atoms with Crippen LogP contribution in [0, 0.1) is 0 Å². The first-order chi connectivity index (χ1) is 12.6. The van der Waals surface area contributed by atoms with Crippen LogP contribution in [0.2, 0.25) is 0 Å². The summed E-state index contributed by atoms with van der Waals surface area (Å²) in [5.74, 6) is 0.471. The Morgan fingerprint density at radius 1 is 1.23 bits per heavy atom. The van der Waals surface area contributed by atoms with Crippen molar-refractivity contribution in [1.29, 1.82) is 0 Å². The average molecular weight is 355 g/mol. The average Bonchev–Trinajstić information content (AvgIpc) is 3.16. The number of benzene rings is 1. The molecular weight excluding hydrogens is 338 g/mol. The van der Waals surface area contributed by atoms with Crippen molar-refractivity contribution >= 4 is 5.91 Å². The van der Waals surface area contributed by atoms with E-state index in [0.717, 1.165) is 16.3 Å². The van der Waals surface area contributed by atoms with Crippen molar-refractivity contribution in [2.45, 2.75) is 13.1 Å². The molecule has 0 fully saturated rings. The quantitative estimate of drug-likeness (QED) is 0.689. The van der Waals surface area contributed by atoms with Gasteiger partial charge in [0, 0.05) is 18.3 Å². The SMILES string of the molecule is COc1ccccc1CNC(=O)c1c[nH]c(=O)n(Cc2ccco2)c1=O. The third-order valence-electron chi connectivity index (χ3n) is 3.83. The van der Waals surface area contributed by atoms with Crippen LogP contribution >= 0.6 is 0 Å². The molecule has 0 radical (unpaired) electrons. The van der Waals surface area contributed by atoms with Crippen LogP contribution in [-0.4, -0.2) is 22.6 Å². The molecule has 1 amide bonds. The number of rotatable bonds is 6. The van der Waals surface area contributed by atoms with E-state index in [9.17, 15) is 14.4 Å². The van der Waals surface area contributed by atoms with Crippen molar-refractivity contribution in [1.82, 2.24) is 14.9 Å². The smallest absolute Gasteiger partial charge is 0.328 e. The number of carbonyl (C=O) groups is 1. The highest BCUT2D eigenvalue weighted by atomic mass is 16.5. The highest BCUT2D eigenvalue weighted by Gasteiger charge is 2.16. The number of hydrogen-bond donors (Lipinski definition) is 2. The maximum absolute atomic E-state index is 12.5. The first-order valence-electron chi connectivity index (χ1n) is 7.85. The zero-order chi connectivity index (χ0) is 18.5. The minimum Gasteiger partial charge on any atom is -0.496 e. The zero-order valence-electron chi connectivity index (χ0n) is 14.0. The molecule has 0 saturated heterocycles. The lowest BCUT2D eigenvalue weighted by Gasteiger charge is -2.10. The lowest BCUT2D eigenvalue weighted by molar-refractivity contribution is 0.0948. The number of hydrogen-bond acceptors (Lipinski definition) is 5. The molecule has 3 rings (SSSR count). The van der Waals surface area contributed by atoms with E-state index in [-0.39, 0.29) is 18.7 Å². The summed E-state index contributed by atoms with van der Waals surface area (Å²) in [4.78, 5) is 39.2. The van der Waals surface area contributed by atoms with E-state index in [1.54, 1.807) is 24.3 Å². The monoisotopic (exact) mass is 355 g/mol. The number of aromatic nitrogens is 2. The number of furan rings is 1. The second kappa shape index (κ2) is 7.56.